The number of aromatic nitrogens is 1. The van der Waals surface area contributed by atoms with Crippen molar-refractivity contribution in [1.82, 2.24) is 4.98 Å². The second-order valence-electron chi connectivity index (χ2n) is 7.85. The van der Waals surface area contributed by atoms with Gasteiger partial charge in [-0.25, -0.2) is 4.98 Å². The first kappa shape index (κ1) is 18.0. The third-order valence-electron chi connectivity index (χ3n) is 4.68. The molecule has 0 aliphatic carbocycles. The molecular weight excluding hydrogens is 348 g/mol. The van der Waals surface area contributed by atoms with Gasteiger partial charge in [0.2, 0.25) is 5.89 Å². The van der Waals surface area contributed by atoms with Crippen LogP contribution in [0.15, 0.2) is 77.2 Å². The summed E-state index contributed by atoms with van der Waals surface area (Å²) in [6.45, 7) is 6.56. The van der Waals surface area contributed by atoms with Crippen LogP contribution >= 0.6 is 0 Å². The number of oxazole rings is 1. The average Bonchev–Trinajstić information content (AvgIpc) is 3.11. The Morgan fingerprint density at radius 1 is 0.929 bits per heavy atom. The summed E-state index contributed by atoms with van der Waals surface area (Å²) in [4.78, 5) is 16.9. The maximum absolute atomic E-state index is 12.3. The second kappa shape index (κ2) is 6.97. The maximum atomic E-state index is 12.3. The summed E-state index contributed by atoms with van der Waals surface area (Å²) in [5.41, 5.74) is 4.98. The lowest BCUT2D eigenvalue weighted by atomic mass is 9.87. The van der Waals surface area contributed by atoms with E-state index in [4.69, 9.17) is 4.42 Å². The van der Waals surface area contributed by atoms with Crippen LogP contribution < -0.4 is 5.32 Å². The summed E-state index contributed by atoms with van der Waals surface area (Å²) in [6.07, 6.45) is 0. The summed E-state index contributed by atoms with van der Waals surface area (Å²) < 4.78 is 5.95. The molecule has 0 aliphatic rings. The van der Waals surface area contributed by atoms with Crippen molar-refractivity contribution in [2.45, 2.75) is 26.2 Å². The number of amides is 1. The molecule has 0 atom stereocenters. The van der Waals surface area contributed by atoms with Crippen LogP contribution in [0, 0.1) is 0 Å². The number of nitrogens with zero attached hydrogens (tertiary/aromatic N) is 1. The predicted octanol–water partition coefficient (Wildman–Crippen LogP) is 6.04. The predicted molar refractivity (Wildman–Crippen MR) is 113 cm³/mol. The first-order valence-electron chi connectivity index (χ1n) is 9.28. The fourth-order valence-electron chi connectivity index (χ4n) is 3.03. The van der Waals surface area contributed by atoms with E-state index in [-0.39, 0.29) is 11.3 Å². The number of hydrogen-bond acceptors (Lipinski definition) is 3. The molecule has 0 radical (unpaired) electrons. The average molecular weight is 370 g/mol. The van der Waals surface area contributed by atoms with Crippen molar-refractivity contribution < 1.29 is 9.21 Å². The van der Waals surface area contributed by atoms with E-state index in [0.717, 1.165) is 11.1 Å². The van der Waals surface area contributed by atoms with Gasteiger partial charge in [0, 0.05) is 22.9 Å². The summed E-state index contributed by atoms with van der Waals surface area (Å²) in [5, 5.41) is 2.90. The largest absolute Gasteiger partial charge is 0.436 e. The van der Waals surface area contributed by atoms with Gasteiger partial charge in [0.15, 0.2) is 5.58 Å². The molecule has 1 amide bonds. The van der Waals surface area contributed by atoms with Gasteiger partial charge in [-0.1, -0.05) is 51.1 Å². The first-order chi connectivity index (χ1) is 13.4. The van der Waals surface area contributed by atoms with Crippen LogP contribution in [0.5, 0.6) is 0 Å². The van der Waals surface area contributed by atoms with Gasteiger partial charge in [-0.05, 0) is 47.4 Å². The molecule has 0 fully saturated rings. The lowest BCUT2D eigenvalue weighted by Crippen LogP contribution is -2.11. The van der Waals surface area contributed by atoms with E-state index in [1.165, 1.54) is 5.56 Å². The Bertz CT molecular complexity index is 1120. The lowest BCUT2D eigenvalue weighted by Gasteiger charge is -2.18. The minimum Gasteiger partial charge on any atom is -0.436 e. The summed E-state index contributed by atoms with van der Waals surface area (Å²) in [6, 6.07) is 22.9. The molecule has 0 saturated heterocycles. The number of hydrogen-bond donors (Lipinski definition) is 1. The van der Waals surface area contributed by atoms with Gasteiger partial charge in [-0.3, -0.25) is 4.79 Å². The maximum Gasteiger partial charge on any atom is 0.255 e. The van der Waals surface area contributed by atoms with E-state index in [1.807, 2.05) is 42.5 Å². The molecule has 28 heavy (non-hydrogen) atoms. The van der Waals surface area contributed by atoms with Gasteiger partial charge in [0.25, 0.3) is 5.91 Å². The molecule has 1 heterocycles. The fraction of sp³-hybridized carbons (Fsp3) is 0.167. The van der Waals surface area contributed by atoms with Crippen LogP contribution in [0.3, 0.4) is 0 Å². The zero-order valence-electron chi connectivity index (χ0n) is 16.2. The molecule has 1 aromatic heterocycles. The lowest BCUT2D eigenvalue weighted by molar-refractivity contribution is 0.102. The van der Waals surface area contributed by atoms with E-state index in [9.17, 15) is 4.79 Å². The van der Waals surface area contributed by atoms with E-state index >= 15 is 0 Å². The molecule has 0 unspecified atom stereocenters. The molecule has 140 valence electrons. The number of fused-ring (bicyclic) bond motifs is 1. The third-order valence-corrected chi connectivity index (χ3v) is 4.68. The van der Waals surface area contributed by atoms with Gasteiger partial charge < -0.3 is 9.73 Å². The van der Waals surface area contributed by atoms with Crippen LogP contribution in [-0.4, -0.2) is 10.9 Å². The van der Waals surface area contributed by atoms with Crippen LogP contribution in [0.1, 0.15) is 36.7 Å². The van der Waals surface area contributed by atoms with Crippen LogP contribution in [0.4, 0.5) is 5.69 Å². The standard InChI is InChI=1S/C24H22N2O2/c1-24(2,3)18-11-9-17(10-12-18)23-26-20-14-13-19(15-21(20)28-23)25-22(27)16-7-5-4-6-8-16/h4-15H,1-3H3,(H,25,27). The van der Waals surface area contributed by atoms with Crippen LogP contribution in [0.25, 0.3) is 22.6 Å². The van der Waals surface area contributed by atoms with Crippen molar-refractivity contribution in [2.24, 2.45) is 0 Å². The van der Waals surface area contributed by atoms with Crippen molar-refractivity contribution in [3.05, 3.63) is 83.9 Å². The van der Waals surface area contributed by atoms with Crippen molar-refractivity contribution in [1.29, 1.82) is 0 Å². The van der Waals surface area contributed by atoms with Crippen molar-refractivity contribution in [3.8, 4) is 11.5 Å². The van der Waals surface area contributed by atoms with Gasteiger partial charge in [0.05, 0.1) is 0 Å². The van der Waals surface area contributed by atoms with Crippen molar-refractivity contribution in [2.75, 3.05) is 5.32 Å². The summed E-state index contributed by atoms with van der Waals surface area (Å²) >= 11 is 0. The van der Waals surface area contributed by atoms with E-state index in [0.29, 0.717) is 22.7 Å². The number of nitrogens with one attached hydrogen (secondary N) is 1. The zero-order chi connectivity index (χ0) is 19.7. The molecule has 0 saturated carbocycles. The van der Waals surface area contributed by atoms with Crippen LogP contribution in [0.2, 0.25) is 0 Å². The van der Waals surface area contributed by atoms with E-state index in [2.05, 4.69) is 43.2 Å². The quantitative estimate of drug-likeness (QED) is 0.478. The molecule has 4 aromatic rings. The van der Waals surface area contributed by atoms with Crippen LogP contribution in [-0.2, 0) is 5.41 Å². The smallest absolute Gasteiger partial charge is 0.255 e. The fourth-order valence-corrected chi connectivity index (χ4v) is 3.03. The monoisotopic (exact) mass is 370 g/mol. The Morgan fingerprint density at radius 3 is 2.32 bits per heavy atom. The number of carbonyl (C=O) groups is 1. The molecule has 4 heteroatoms. The number of rotatable bonds is 3. The highest BCUT2D eigenvalue weighted by Gasteiger charge is 2.15. The number of anilines is 1. The topological polar surface area (TPSA) is 55.1 Å². The van der Waals surface area contributed by atoms with E-state index < -0.39 is 0 Å². The molecule has 4 nitrogen and oxygen atoms in total. The highest BCUT2D eigenvalue weighted by molar-refractivity contribution is 6.04. The normalized spacial score (nSPS) is 11.5. The first-order valence-corrected chi connectivity index (χ1v) is 9.28. The number of benzene rings is 3. The van der Waals surface area contributed by atoms with Gasteiger partial charge in [-0.2, -0.15) is 0 Å². The second-order valence-corrected chi connectivity index (χ2v) is 7.85. The third kappa shape index (κ3) is 3.67. The Balaban J connectivity index is 1.59. The highest BCUT2D eigenvalue weighted by Crippen LogP contribution is 2.29. The molecule has 1 N–H and O–H groups in total. The SMILES string of the molecule is CC(C)(C)c1ccc(-c2nc3ccc(NC(=O)c4ccccc4)cc3o2)cc1. The Labute approximate surface area is 164 Å². The molecule has 0 aliphatic heterocycles. The van der Waals surface area contributed by atoms with Gasteiger partial charge in [-0.15, -0.1) is 0 Å². The Hall–Kier alpha value is -3.40. The molecule has 3 aromatic carbocycles. The highest BCUT2D eigenvalue weighted by atomic mass is 16.3. The van der Waals surface area contributed by atoms with Crippen molar-refractivity contribution >= 4 is 22.7 Å². The summed E-state index contributed by atoms with van der Waals surface area (Å²) in [7, 11) is 0. The van der Waals surface area contributed by atoms with E-state index in [1.54, 1.807) is 18.2 Å². The molecule has 4 rings (SSSR count). The zero-order valence-corrected chi connectivity index (χ0v) is 16.2. The Kier molecular flexibility index (Phi) is 4.47. The van der Waals surface area contributed by atoms with Gasteiger partial charge in [0.1, 0.15) is 5.52 Å². The minimum absolute atomic E-state index is 0.103. The molecule has 0 spiro atoms. The summed E-state index contributed by atoms with van der Waals surface area (Å²) in [5.74, 6) is 0.416. The molecule has 0 bridgehead atoms. The van der Waals surface area contributed by atoms with Gasteiger partial charge >= 0.3 is 0 Å². The Morgan fingerprint density at radius 2 is 1.64 bits per heavy atom. The number of carbonyl (C=O) groups excluding carboxylic acids is 1. The molecular formula is C24H22N2O2. The minimum atomic E-state index is -0.155. The van der Waals surface area contributed by atoms with Crippen molar-refractivity contribution in [3.63, 3.8) is 0 Å².